The highest BCUT2D eigenvalue weighted by Crippen LogP contribution is 2.43. The summed E-state index contributed by atoms with van der Waals surface area (Å²) in [7, 11) is 0. The molecule has 2 heterocycles. The molecule has 1 N–H and O–H groups in total. The highest BCUT2D eigenvalue weighted by molar-refractivity contribution is 6.35. The molecule has 1 aliphatic rings. The van der Waals surface area contributed by atoms with E-state index in [0.29, 0.717) is 17.7 Å². The molecule has 0 amide bonds. The van der Waals surface area contributed by atoms with Gasteiger partial charge in [0.1, 0.15) is 28.0 Å². The number of imidazole rings is 1. The molecule has 0 spiro atoms. The Morgan fingerprint density at radius 2 is 1.81 bits per heavy atom. The van der Waals surface area contributed by atoms with Crippen molar-refractivity contribution >= 4 is 33.5 Å². The fourth-order valence-electron chi connectivity index (χ4n) is 4.95. The van der Waals surface area contributed by atoms with Crippen LogP contribution < -0.4 is 0 Å². The third-order valence-corrected chi connectivity index (χ3v) is 7.09. The van der Waals surface area contributed by atoms with E-state index in [1.54, 1.807) is 18.3 Å². The molecule has 31 heavy (non-hydrogen) atoms. The zero-order valence-electron chi connectivity index (χ0n) is 16.9. The lowest BCUT2D eigenvalue weighted by Gasteiger charge is -2.32. The van der Waals surface area contributed by atoms with E-state index in [0.717, 1.165) is 48.2 Å². The maximum atomic E-state index is 14.1. The van der Waals surface area contributed by atoms with Gasteiger partial charge in [-0.15, -0.1) is 0 Å². The van der Waals surface area contributed by atoms with Gasteiger partial charge in [-0.3, -0.25) is 4.98 Å². The van der Waals surface area contributed by atoms with Crippen molar-refractivity contribution in [1.82, 2.24) is 15.0 Å². The maximum Gasteiger partial charge on any atom is 0.154 e. The van der Waals surface area contributed by atoms with E-state index in [1.165, 1.54) is 6.07 Å². The Bertz CT molecular complexity index is 1280. The third kappa shape index (κ3) is 3.57. The van der Waals surface area contributed by atoms with Gasteiger partial charge in [0.15, 0.2) is 5.82 Å². The van der Waals surface area contributed by atoms with E-state index >= 15 is 0 Å². The fraction of sp³-hybridized carbons (Fsp3) is 0.333. The van der Waals surface area contributed by atoms with E-state index < -0.39 is 11.6 Å². The molecule has 5 rings (SSSR count). The van der Waals surface area contributed by atoms with Gasteiger partial charge in [-0.25, -0.2) is 18.2 Å². The van der Waals surface area contributed by atoms with Crippen molar-refractivity contribution in [1.29, 1.82) is 0 Å². The molecular weight excluding hydrogens is 423 g/mol. The number of hydrogen-bond acceptors (Lipinski definition) is 2. The molecule has 1 saturated carbocycles. The number of fused-ring (bicyclic) bond motifs is 2. The first-order valence-electron chi connectivity index (χ1n) is 10.5. The molecule has 2 aromatic heterocycles. The average molecular weight is 444 g/mol. The monoisotopic (exact) mass is 443 g/mol. The average Bonchev–Trinajstić information content (AvgIpc) is 3.23. The number of H-pyrrole nitrogens is 1. The first kappa shape index (κ1) is 20.3. The van der Waals surface area contributed by atoms with Crippen LogP contribution in [0.4, 0.5) is 13.2 Å². The van der Waals surface area contributed by atoms with E-state index in [2.05, 4.69) is 21.9 Å². The molecule has 4 aromatic rings. The van der Waals surface area contributed by atoms with E-state index in [9.17, 15) is 13.2 Å². The normalized spacial score (nSPS) is 20.4. The van der Waals surface area contributed by atoms with Crippen LogP contribution in [0.1, 0.15) is 55.8 Å². The predicted molar refractivity (Wildman–Crippen MR) is 116 cm³/mol. The first-order chi connectivity index (χ1) is 14.9. The number of hydrogen-bond donors (Lipinski definition) is 1. The quantitative estimate of drug-likeness (QED) is 0.338. The highest BCUT2D eigenvalue weighted by atomic mass is 35.5. The second kappa shape index (κ2) is 7.83. The Balaban J connectivity index is 1.36. The van der Waals surface area contributed by atoms with Gasteiger partial charge >= 0.3 is 0 Å². The molecule has 1 fully saturated rings. The summed E-state index contributed by atoms with van der Waals surface area (Å²) in [5.41, 5.74) is 2.23. The van der Waals surface area contributed by atoms with Crippen LogP contribution in [0, 0.1) is 23.4 Å². The fourth-order valence-corrected chi connectivity index (χ4v) is 5.14. The minimum absolute atomic E-state index is 0.0542. The molecule has 160 valence electrons. The summed E-state index contributed by atoms with van der Waals surface area (Å²) in [6.45, 7) is 2.06. The SMILES string of the molecule is CC(c1nc2c(F)cc(F)c(Cl)c2[nH]1)C1CCC(c2ccnc3ccc(F)cc23)CC1. The molecule has 0 saturated heterocycles. The van der Waals surface area contributed by atoms with Gasteiger partial charge < -0.3 is 4.98 Å². The number of nitrogens with zero attached hydrogens (tertiary/aromatic N) is 2. The van der Waals surface area contributed by atoms with Crippen LogP contribution in [0.2, 0.25) is 5.02 Å². The van der Waals surface area contributed by atoms with Crippen molar-refractivity contribution in [2.24, 2.45) is 5.92 Å². The minimum atomic E-state index is -0.795. The summed E-state index contributed by atoms with van der Waals surface area (Å²) < 4.78 is 41.7. The number of rotatable bonds is 3. The van der Waals surface area contributed by atoms with Crippen molar-refractivity contribution in [2.45, 2.75) is 44.4 Å². The maximum absolute atomic E-state index is 14.1. The topological polar surface area (TPSA) is 41.6 Å². The Hall–Kier alpha value is -2.60. The van der Waals surface area contributed by atoms with Crippen LogP contribution in [0.15, 0.2) is 36.5 Å². The molecular formula is C24H21ClF3N3. The van der Waals surface area contributed by atoms with Crippen molar-refractivity contribution < 1.29 is 13.2 Å². The molecule has 7 heteroatoms. The summed E-state index contributed by atoms with van der Waals surface area (Å²) in [5, 5.41) is 0.742. The summed E-state index contributed by atoms with van der Waals surface area (Å²) in [6.07, 6.45) is 5.65. The lowest BCUT2D eigenvalue weighted by Crippen LogP contribution is -2.19. The summed E-state index contributed by atoms with van der Waals surface area (Å²) in [5.74, 6) is -0.389. The van der Waals surface area contributed by atoms with Crippen molar-refractivity contribution in [2.75, 3.05) is 0 Å². The Labute approximate surface area is 182 Å². The van der Waals surface area contributed by atoms with Gasteiger partial charge in [0.05, 0.1) is 11.0 Å². The molecule has 0 aliphatic heterocycles. The summed E-state index contributed by atoms with van der Waals surface area (Å²) in [4.78, 5) is 11.8. The van der Waals surface area contributed by atoms with E-state index in [-0.39, 0.29) is 27.8 Å². The largest absolute Gasteiger partial charge is 0.340 e. The van der Waals surface area contributed by atoms with Crippen LogP contribution in [0.3, 0.4) is 0 Å². The van der Waals surface area contributed by atoms with Crippen LogP contribution in [-0.2, 0) is 0 Å². The number of pyridine rings is 1. The van der Waals surface area contributed by atoms with Crippen LogP contribution in [-0.4, -0.2) is 15.0 Å². The van der Waals surface area contributed by atoms with Crippen LogP contribution >= 0.6 is 11.6 Å². The lowest BCUT2D eigenvalue weighted by molar-refractivity contribution is 0.286. The van der Waals surface area contributed by atoms with Crippen molar-refractivity contribution in [3.8, 4) is 0 Å². The Morgan fingerprint density at radius 3 is 2.58 bits per heavy atom. The van der Waals surface area contributed by atoms with Gasteiger partial charge in [-0.1, -0.05) is 18.5 Å². The zero-order valence-corrected chi connectivity index (χ0v) is 17.7. The summed E-state index contributed by atoms with van der Waals surface area (Å²) >= 11 is 6.00. The molecule has 0 radical (unpaired) electrons. The number of aromatic amines is 1. The molecule has 2 aromatic carbocycles. The minimum Gasteiger partial charge on any atom is -0.340 e. The van der Waals surface area contributed by atoms with Crippen molar-refractivity contribution in [3.05, 3.63) is 70.4 Å². The van der Waals surface area contributed by atoms with E-state index in [4.69, 9.17) is 11.6 Å². The standard InChI is InChI=1S/C24H21ClF3N3/c1-12(24-30-22-19(28)11-18(27)21(25)23(22)31-24)13-2-4-14(5-3-13)16-8-9-29-20-7-6-15(26)10-17(16)20/h6-14H,2-5H2,1H3,(H,30,31). The molecule has 1 unspecified atom stereocenters. The molecule has 3 nitrogen and oxygen atoms in total. The Morgan fingerprint density at radius 1 is 1.03 bits per heavy atom. The van der Waals surface area contributed by atoms with Gasteiger partial charge in [0.2, 0.25) is 0 Å². The number of aromatic nitrogens is 3. The molecule has 0 bridgehead atoms. The summed E-state index contributed by atoms with van der Waals surface area (Å²) in [6, 6.07) is 7.49. The van der Waals surface area contributed by atoms with Crippen molar-refractivity contribution in [3.63, 3.8) is 0 Å². The predicted octanol–water partition coefficient (Wildman–Crippen LogP) is 7.26. The molecule has 1 aliphatic carbocycles. The second-order valence-electron chi connectivity index (χ2n) is 8.46. The number of halogens is 4. The zero-order chi connectivity index (χ0) is 21.7. The van der Waals surface area contributed by atoms with Crippen LogP contribution in [0.25, 0.3) is 21.9 Å². The highest BCUT2D eigenvalue weighted by Gasteiger charge is 2.30. The number of benzene rings is 2. The lowest BCUT2D eigenvalue weighted by atomic mass is 9.73. The Kier molecular flexibility index (Phi) is 5.13. The third-order valence-electron chi connectivity index (χ3n) is 6.72. The van der Waals surface area contributed by atoms with Gasteiger partial charge in [-0.2, -0.15) is 0 Å². The number of nitrogens with one attached hydrogen (secondary N) is 1. The van der Waals surface area contributed by atoms with Gasteiger partial charge in [0, 0.05) is 23.6 Å². The second-order valence-corrected chi connectivity index (χ2v) is 8.84. The van der Waals surface area contributed by atoms with Crippen LogP contribution in [0.5, 0.6) is 0 Å². The van der Waals surface area contributed by atoms with Gasteiger partial charge in [0.25, 0.3) is 0 Å². The first-order valence-corrected chi connectivity index (χ1v) is 10.9. The van der Waals surface area contributed by atoms with Gasteiger partial charge in [-0.05, 0) is 67.3 Å². The molecule has 1 atom stereocenters. The smallest absolute Gasteiger partial charge is 0.154 e. The van der Waals surface area contributed by atoms with E-state index in [1.807, 2.05) is 6.07 Å².